The summed E-state index contributed by atoms with van der Waals surface area (Å²) in [6.45, 7) is 0. The van der Waals surface area contributed by atoms with Gasteiger partial charge in [0.1, 0.15) is 5.69 Å². The number of hydrogen-bond acceptors (Lipinski definition) is 4. The molecule has 0 bridgehead atoms. The molecule has 0 N–H and O–H groups in total. The SMILES string of the molecule is c1ccc(-c2cnc3sc(-c4ccccn4)nn23)cc1. The van der Waals surface area contributed by atoms with E-state index in [1.165, 1.54) is 0 Å². The van der Waals surface area contributed by atoms with Crippen LogP contribution in [0.2, 0.25) is 0 Å². The van der Waals surface area contributed by atoms with Gasteiger partial charge in [-0.15, -0.1) is 0 Å². The lowest BCUT2D eigenvalue weighted by Crippen LogP contribution is -1.89. The number of imidazole rings is 1. The maximum atomic E-state index is 4.63. The van der Waals surface area contributed by atoms with Gasteiger partial charge >= 0.3 is 0 Å². The van der Waals surface area contributed by atoms with Crippen molar-refractivity contribution >= 4 is 16.3 Å². The number of rotatable bonds is 2. The van der Waals surface area contributed by atoms with Gasteiger partial charge in [-0.3, -0.25) is 4.98 Å². The molecule has 3 heterocycles. The van der Waals surface area contributed by atoms with Crippen LogP contribution in [0.4, 0.5) is 0 Å². The molecule has 0 amide bonds. The molecule has 96 valence electrons. The van der Waals surface area contributed by atoms with Gasteiger partial charge in [0.2, 0.25) is 4.96 Å². The third kappa shape index (κ3) is 1.80. The van der Waals surface area contributed by atoms with Gasteiger partial charge in [-0.05, 0) is 12.1 Å². The molecule has 0 spiro atoms. The van der Waals surface area contributed by atoms with Crippen LogP contribution in [0.15, 0.2) is 60.9 Å². The number of pyridine rings is 1. The molecular formula is C15H10N4S. The van der Waals surface area contributed by atoms with E-state index in [1.54, 1.807) is 17.5 Å². The zero-order chi connectivity index (χ0) is 13.4. The monoisotopic (exact) mass is 278 g/mol. The first-order valence-electron chi connectivity index (χ1n) is 6.23. The predicted molar refractivity (Wildman–Crippen MR) is 79.5 cm³/mol. The van der Waals surface area contributed by atoms with Gasteiger partial charge in [0.05, 0.1) is 11.9 Å². The Hall–Kier alpha value is -2.53. The minimum atomic E-state index is 0.877. The smallest absolute Gasteiger partial charge is 0.213 e. The van der Waals surface area contributed by atoms with E-state index in [0.717, 1.165) is 26.9 Å². The Kier molecular flexibility index (Phi) is 2.57. The molecule has 0 fully saturated rings. The summed E-state index contributed by atoms with van der Waals surface area (Å²) < 4.78 is 1.88. The summed E-state index contributed by atoms with van der Waals surface area (Å²) in [5.41, 5.74) is 2.99. The minimum absolute atomic E-state index is 0.877. The fourth-order valence-electron chi connectivity index (χ4n) is 2.09. The molecule has 0 saturated heterocycles. The van der Waals surface area contributed by atoms with Crippen molar-refractivity contribution in [2.24, 2.45) is 0 Å². The maximum Gasteiger partial charge on any atom is 0.213 e. The van der Waals surface area contributed by atoms with E-state index in [4.69, 9.17) is 0 Å². The Balaban J connectivity index is 1.88. The number of hydrogen-bond donors (Lipinski definition) is 0. The van der Waals surface area contributed by atoms with E-state index in [2.05, 4.69) is 27.2 Å². The van der Waals surface area contributed by atoms with Crippen molar-refractivity contribution in [1.29, 1.82) is 0 Å². The lowest BCUT2D eigenvalue weighted by molar-refractivity contribution is 0.981. The van der Waals surface area contributed by atoms with Crippen molar-refractivity contribution in [2.45, 2.75) is 0 Å². The van der Waals surface area contributed by atoms with Crippen molar-refractivity contribution in [3.8, 4) is 22.0 Å². The number of aromatic nitrogens is 4. The number of nitrogens with zero attached hydrogens (tertiary/aromatic N) is 4. The molecule has 0 unspecified atom stereocenters. The van der Waals surface area contributed by atoms with Crippen LogP contribution >= 0.6 is 11.3 Å². The lowest BCUT2D eigenvalue weighted by atomic mass is 10.2. The van der Waals surface area contributed by atoms with Crippen molar-refractivity contribution < 1.29 is 0 Å². The normalized spacial score (nSPS) is 11.0. The summed E-state index contributed by atoms with van der Waals surface area (Å²) in [5.74, 6) is 0. The second kappa shape index (κ2) is 4.54. The second-order valence-corrected chi connectivity index (χ2v) is 5.28. The molecule has 4 nitrogen and oxygen atoms in total. The van der Waals surface area contributed by atoms with E-state index in [0.29, 0.717) is 0 Å². The zero-order valence-electron chi connectivity index (χ0n) is 10.5. The lowest BCUT2D eigenvalue weighted by Gasteiger charge is -1.97. The quantitative estimate of drug-likeness (QED) is 0.563. The first-order valence-corrected chi connectivity index (χ1v) is 7.05. The molecule has 5 heteroatoms. The van der Waals surface area contributed by atoms with Crippen molar-refractivity contribution in [3.63, 3.8) is 0 Å². The highest BCUT2D eigenvalue weighted by Gasteiger charge is 2.12. The molecule has 0 atom stereocenters. The summed E-state index contributed by atoms with van der Waals surface area (Å²) >= 11 is 1.54. The third-order valence-corrected chi connectivity index (χ3v) is 3.98. The molecule has 0 radical (unpaired) electrons. The number of fused-ring (bicyclic) bond motifs is 1. The molecule has 0 aliphatic heterocycles. The van der Waals surface area contributed by atoms with Crippen LogP contribution in [0, 0.1) is 0 Å². The Morgan fingerprint density at radius 3 is 2.55 bits per heavy atom. The average Bonchev–Trinajstić information content (AvgIpc) is 3.09. The van der Waals surface area contributed by atoms with Gasteiger partial charge in [-0.2, -0.15) is 5.10 Å². The highest BCUT2D eigenvalue weighted by molar-refractivity contribution is 7.19. The van der Waals surface area contributed by atoms with Crippen molar-refractivity contribution in [2.75, 3.05) is 0 Å². The number of benzene rings is 1. The Morgan fingerprint density at radius 2 is 1.75 bits per heavy atom. The second-order valence-electron chi connectivity index (χ2n) is 4.33. The maximum absolute atomic E-state index is 4.63. The van der Waals surface area contributed by atoms with Crippen LogP contribution in [0.5, 0.6) is 0 Å². The first kappa shape index (κ1) is 11.3. The fraction of sp³-hybridized carbons (Fsp3) is 0. The van der Waals surface area contributed by atoms with Crippen molar-refractivity contribution in [3.05, 3.63) is 60.9 Å². The van der Waals surface area contributed by atoms with E-state index in [9.17, 15) is 0 Å². The van der Waals surface area contributed by atoms with Crippen molar-refractivity contribution in [1.82, 2.24) is 19.6 Å². The summed E-state index contributed by atoms with van der Waals surface area (Å²) in [4.78, 5) is 9.64. The van der Waals surface area contributed by atoms with Gasteiger partial charge in [0, 0.05) is 11.8 Å². The average molecular weight is 278 g/mol. The summed E-state index contributed by atoms with van der Waals surface area (Å²) in [6.07, 6.45) is 3.63. The molecule has 4 aromatic rings. The van der Waals surface area contributed by atoms with Crippen LogP contribution in [-0.4, -0.2) is 19.6 Å². The van der Waals surface area contributed by atoms with Crippen LogP contribution in [0.3, 0.4) is 0 Å². The third-order valence-electron chi connectivity index (χ3n) is 3.04. The molecule has 1 aromatic carbocycles. The zero-order valence-corrected chi connectivity index (χ0v) is 11.3. The Morgan fingerprint density at radius 1 is 0.900 bits per heavy atom. The van der Waals surface area contributed by atoms with Gasteiger partial charge in [-0.25, -0.2) is 9.50 Å². The Bertz CT molecular complexity index is 849. The van der Waals surface area contributed by atoms with Crippen LogP contribution in [-0.2, 0) is 0 Å². The fourth-order valence-corrected chi connectivity index (χ4v) is 2.94. The van der Waals surface area contributed by atoms with Gasteiger partial charge in [0.15, 0.2) is 5.01 Å². The molecule has 4 rings (SSSR count). The topological polar surface area (TPSA) is 43.1 Å². The molecular weight excluding hydrogens is 268 g/mol. The van der Waals surface area contributed by atoms with E-state index < -0.39 is 0 Å². The molecule has 3 aromatic heterocycles. The minimum Gasteiger partial charge on any atom is -0.254 e. The van der Waals surface area contributed by atoms with E-state index in [-0.39, 0.29) is 0 Å². The predicted octanol–water partition coefficient (Wildman–Crippen LogP) is 3.52. The standard InChI is InChI=1S/C15H10N4S/c1-2-6-11(7-3-1)13-10-17-15-19(13)18-14(20-15)12-8-4-5-9-16-12/h1-10H. The van der Waals surface area contributed by atoms with Crippen LogP contribution in [0.1, 0.15) is 0 Å². The van der Waals surface area contributed by atoms with Gasteiger partial charge in [-0.1, -0.05) is 47.7 Å². The summed E-state index contributed by atoms with van der Waals surface area (Å²) in [5, 5.41) is 5.51. The highest BCUT2D eigenvalue weighted by Crippen LogP contribution is 2.27. The summed E-state index contributed by atoms with van der Waals surface area (Å²) in [7, 11) is 0. The van der Waals surface area contributed by atoms with E-state index >= 15 is 0 Å². The highest BCUT2D eigenvalue weighted by atomic mass is 32.1. The molecule has 0 aliphatic carbocycles. The molecule has 0 saturated carbocycles. The van der Waals surface area contributed by atoms with E-state index in [1.807, 2.05) is 47.1 Å². The molecule has 0 aliphatic rings. The largest absolute Gasteiger partial charge is 0.254 e. The van der Waals surface area contributed by atoms with Crippen LogP contribution < -0.4 is 0 Å². The van der Waals surface area contributed by atoms with Gasteiger partial charge < -0.3 is 0 Å². The summed E-state index contributed by atoms with van der Waals surface area (Å²) in [6, 6.07) is 16.0. The van der Waals surface area contributed by atoms with Gasteiger partial charge in [0.25, 0.3) is 0 Å². The Labute approximate surface area is 119 Å². The van der Waals surface area contributed by atoms with Crippen LogP contribution in [0.25, 0.3) is 26.9 Å². The first-order chi connectivity index (χ1) is 9.92. The molecule has 20 heavy (non-hydrogen) atoms.